The van der Waals surface area contributed by atoms with Gasteiger partial charge in [0.15, 0.2) is 6.61 Å². The van der Waals surface area contributed by atoms with Crippen LogP contribution in [-0.2, 0) is 0 Å². The molecule has 0 aliphatic heterocycles. The van der Waals surface area contributed by atoms with Gasteiger partial charge in [-0.05, 0) is 30.7 Å². The Kier molecular flexibility index (Phi) is 4.30. The molecular weight excluding hydrogens is 337 g/mol. The number of rotatable bonds is 4. The summed E-state index contributed by atoms with van der Waals surface area (Å²) in [5, 5.41) is 10.3. The third kappa shape index (κ3) is 4.06. The lowest BCUT2D eigenvalue weighted by atomic mass is 10.1. The largest absolute Gasteiger partial charge is 0.468 e. The number of alkyl halides is 3. The fraction of sp³-hybridized carbons (Fsp3) is 0.188. The Labute approximate surface area is 140 Å². The van der Waals surface area contributed by atoms with Crippen LogP contribution in [0.3, 0.4) is 0 Å². The summed E-state index contributed by atoms with van der Waals surface area (Å²) in [6.07, 6.45) is -2.81. The van der Waals surface area contributed by atoms with Crippen LogP contribution in [0.4, 0.5) is 18.9 Å². The van der Waals surface area contributed by atoms with E-state index in [0.29, 0.717) is 5.69 Å². The van der Waals surface area contributed by atoms with Crippen LogP contribution in [-0.4, -0.2) is 33.9 Å². The summed E-state index contributed by atoms with van der Waals surface area (Å²) < 4.78 is 41.1. The number of aromatic nitrogens is 3. The van der Waals surface area contributed by atoms with Gasteiger partial charge >= 0.3 is 6.18 Å². The van der Waals surface area contributed by atoms with E-state index in [2.05, 4.69) is 25.2 Å². The molecule has 2 heterocycles. The quantitative estimate of drug-likeness (QED) is 0.755. The van der Waals surface area contributed by atoms with E-state index < -0.39 is 18.7 Å². The smallest absolute Gasteiger partial charge is 0.422 e. The van der Waals surface area contributed by atoms with Gasteiger partial charge in [-0.1, -0.05) is 6.07 Å². The summed E-state index contributed by atoms with van der Waals surface area (Å²) in [5.41, 5.74) is 2.05. The normalized spacial score (nSPS) is 11.5. The van der Waals surface area contributed by atoms with E-state index >= 15 is 0 Å². The van der Waals surface area contributed by atoms with Crippen LogP contribution >= 0.6 is 0 Å². The van der Waals surface area contributed by atoms with Crippen LogP contribution in [0.15, 0.2) is 36.5 Å². The number of anilines is 1. The monoisotopic (exact) mass is 350 g/mol. The molecule has 0 fully saturated rings. The van der Waals surface area contributed by atoms with E-state index in [0.717, 1.165) is 16.5 Å². The zero-order chi connectivity index (χ0) is 18.0. The lowest BCUT2D eigenvalue weighted by Gasteiger charge is -2.10. The third-order valence-corrected chi connectivity index (χ3v) is 3.37. The van der Waals surface area contributed by atoms with Crippen molar-refractivity contribution in [1.29, 1.82) is 0 Å². The van der Waals surface area contributed by atoms with Crippen molar-refractivity contribution in [3.8, 4) is 5.88 Å². The van der Waals surface area contributed by atoms with Crippen molar-refractivity contribution in [1.82, 2.24) is 15.2 Å². The average molecular weight is 350 g/mol. The number of halogens is 3. The topological polar surface area (TPSA) is 79.9 Å². The lowest BCUT2D eigenvalue weighted by molar-refractivity contribution is -0.154. The molecule has 9 heteroatoms. The van der Waals surface area contributed by atoms with Gasteiger partial charge in [0, 0.05) is 17.1 Å². The molecule has 25 heavy (non-hydrogen) atoms. The molecule has 0 saturated heterocycles. The van der Waals surface area contributed by atoms with Crippen molar-refractivity contribution >= 4 is 22.5 Å². The summed E-state index contributed by atoms with van der Waals surface area (Å²) in [6.45, 7) is 0.346. The number of carbonyl (C=O) groups is 1. The zero-order valence-electron chi connectivity index (χ0n) is 13.0. The fourth-order valence-corrected chi connectivity index (χ4v) is 2.20. The van der Waals surface area contributed by atoms with Crippen LogP contribution < -0.4 is 10.1 Å². The standard InChI is InChI=1S/C16H13F3N4O2/c1-9-5-10-7-20-23-13(10)6-12(9)22-15(24)11-3-2-4-14(21-11)25-8-16(17,18)19/h2-7H,8H2,1H3,(H,20,23)(H,22,24). The minimum absolute atomic E-state index is 0.0521. The van der Waals surface area contributed by atoms with Crippen LogP contribution in [0.2, 0.25) is 0 Å². The van der Waals surface area contributed by atoms with Crippen molar-refractivity contribution in [3.05, 3.63) is 47.8 Å². The molecule has 130 valence electrons. The van der Waals surface area contributed by atoms with Gasteiger partial charge < -0.3 is 10.1 Å². The second kappa shape index (κ2) is 6.42. The van der Waals surface area contributed by atoms with Gasteiger partial charge in [-0.25, -0.2) is 4.98 Å². The molecule has 0 atom stereocenters. The minimum atomic E-state index is -4.48. The van der Waals surface area contributed by atoms with Gasteiger partial charge in [-0.15, -0.1) is 0 Å². The number of fused-ring (bicyclic) bond motifs is 1. The Morgan fingerprint density at radius 2 is 2.12 bits per heavy atom. The molecule has 3 rings (SSSR count). The molecule has 1 aromatic carbocycles. The first-order valence-corrected chi connectivity index (χ1v) is 7.23. The van der Waals surface area contributed by atoms with E-state index in [4.69, 9.17) is 0 Å². The minimum Gasteiger partial charge on any atom is -0.468 e. The molecule has 2 N–H and O–H groups in total. The first kappa shape index (κ1) is 16.7. The third-order valence-electron chi connectivity index (χ3n) is 3.37. The van der Waals surface area contributed by atoms with E-state index in [1.54, 1.807) is 12.3 Å². The highest BCUT2D eigenvalue weighted by Crippen LogP contribution is 2.23. The van der Waals surface area contributed by atoms with Gasteiger partial charge in [-0.3, -0.25) is 9.89 Å². The number of aryl methyl sites for hydroxylation is 1. The van der Waals surface area contributed by atoms with Gasteiger partial charge in [0.2, 0.25) is 5.88 Å². The van der Waals surface area contributed by atoms with E-state index in [9.17, 15) is 18.0 Å². The van der Waals surface area contributed by atoms with E-state index in [1.165, 1.54) is 18.2 Å². The second-order valence-corrected chi connectivity index (χ2v) is 5.34. The number of hydrogen-bond donors (Lipinski definition) is 2. The second-order valence-electron chi connectivity index (χ2n) is 5.34. The van der Waals surface area contributed by atoms with Crippen molar-refractivity contribution in [2.75, 3.05) is 11.9 Å². The molecule has 0 aliphatic rings. The number of hydrogen-bond acceptors (Lipinski definition) is 4. The van der Waals surface area contributed by atoms with Gasteiger partial charge in [0.05, 0.1) is 11.7 Å². The number of carbonyl (C=O) groups excluding carboxylic acids is 1. The lowest BCUT2D eigenvalue weighted by Crippen LogP contribution is -2.20. The average Bonchev–Trinajstić information content (AvgIpc) is 3.00. The van der Waals surface area contributed by atoms with Crippen LogP contribution in [0, 0.1) is 6.92 Å². The number of benzene rings is 1. The number of aromatic amines is 1. The van der Waals surface area contributed by atoms with Crippen LogP contribution in [0.1, 0.15) is 16.1 Å². The predicted molar refractivity (Wildman–Crippen MR) is 84.6 cm³/mol. The SMILES string of the molecule is Cc1cc2cn[nH]c2cc1NC(=O)c1cccc(OCC(F)(F)F)n1. The maximum absolute atomic E-state index is 12.3. The highest BCUT2D eigenvalue weighted by molar-refractivity contribution is 6.04. The molecule has 0 saturated carbocycles. The maximum Gasteiger partial charge on any atom is 0.422 e. The van der Waals surface area contributed by atoms with E-state index in [-0.39, 0.29) is 11.6 Å². The molecule has 3 aromatic rings. The van der Waals surface area contributed by atoms with Crippen LogP contribution in [0.25, 0.3) is 10.9 Å². The summed E-state index contributed by atoms with van der Waals surface area (Å²) in [5.74, 6) is -0.829. The highest BCUT2D eigenvalue weighted by atomic mass is 19.4. The number of pyridine rings is 1. The fourth-order valence-electron chi connectivity index (χ4n) is 2.20. The van der Waals surface area contributed by atoms with Crippen molar-refractivity contribution < 1.29 is 22.7 Å². The Bertz CT molecular complexity index is 921. The maximum atomic E-state index is 12.3. The molecule has 0 radical (unpaired) electrons. The number of ether oxygens (including phenoxy) is 1. The van der Waals surface area contributed by atoms with Crippen LogP contribution in [0.5, 0.6) is 5.88 Å². The predicted octanol–water partition coefficient (Wildman–Crippen LogP) is 3.46. The summed E-state index contributed by atoms with van der Waals surface area (Å²) in [6, 6.07) is 7.62. The van der Waals surface area contributed by atoms with Gasteiger partial charge in [0.25, 0.3) is 5.91 Å². The molecule has 0 bridgehead atoms. The molecule has 2 aromatic heterocycles. The number of nitrogens with one attached hydrogen (secondary N) is 2. The molecule has 6 nitrogen and oxygen atoms in total. The Morgan fingerprint density at radius 1 is 1.32 bits per heavy atom. The summed E-state index contributed by atoms with van der Waals surface area (Å²) in [4.78, 5) is 16.1. The first-order chi connectivity index (χ1) is 11.8. The highest BCUT2D eigenvalue weighted by Gasteiger charge is 2.28. The van der Waals surface area contributed by atoms with Gasteiger partial charge in [0.1, 0.15) is 5.69 Å². The molecule has 1 amide bonds. The zero-order valence-corrected chi connectivity index (χ0v) is 13.0. The van der Waals surface area contributed by atoms with Crippen molar-refractivity contribution in [2.24, 2.45) is 0 Å². The Morgan fingerprint density at radius 3 is 2.88 bits per heavy atom. The van der Waals surface area contributed by atoms with E-state index in [1.807, 2.05) is 13.0 Å². The summed E-state index contributed by atoms with van der Waals surface area (Å²) >= 11 is 0. The number of nitrogens with zero attached hydrogens (tertiary/aromatic N) is 2. The molecular formula is C16H13F3N4O2. The molecule has 0 aliphatic carbocycles. The Hall–Kier alpha value is -3.10. The van der Waals surface area contributed by atoms with Gasteiger partial charge in [-0.2, -0.15) is 18.3 Å². The van der Waals surface area contributed by atoms with Crippen molar-refractivity contribution in [2.45, 2.75) is 13.1 Å². The number of H-pyrrole nitrogens is 1. The molecule has 0 spiro atoms. The Balaban J connectivity index is 1.77. The van der Waals surface area contributed by atoms with Crippen molar-refractivity contribution in [3.63, 3.8) is 0 Å². The number of amides is 1. The summed E-state index contributed by atoms with van der Waals surface area (Å²) in [7, 11) is 0. The first-order valence-electron chi connectivity index (χ1n) is 7.23. The molecule has 0 unspecified atom stereocenters.